The Morgan fingerprint density at radius 1 is 1.05 bits per heavy atom. The molecule has 0 spiro atoms. The average molecular weight is 275 g/mol. The smallest absolute Gasteiger partial charge is 0.267 e. The van der Waals surface area contributed by atoms with Crippen LogP contribution in [0, 0.1) is 0 Å². The van der Waals surface area contributed by atoms with Gasteiger partial charge in [0.25, 0.3) is 5.56 Å². The molecular formula is C14H13NO3S. The number of rotatable bonds is 2. The van der Waals surface area contributed by atoms with Crippen LogP contribution >= 0.6 is 0 Å². The van der Waals surface area contributed by atoms with E-state index in [1.165, 1.54) is 18.2 Å². The van der Waals surface area contributed by atoms with Crippen molar-refractivity contribution in [1.29, 1.82) is 0 Å². The van der Waals surface area contributed by atoms with Crippen LogP contribution in [0.1, 0.15) is 17.7 Å². The standard InChI is InChI=1S/C14H13NO3S/c16-14-13(9-10-5-4-8-12(10)15-14)19(17,18)11-6-2-1-3-7-11/h1-3,6-7,9H,4-5,8H2,(H,15,16). The first-order valence-electron chi connectivity index (χ1n) is 6.14. The number of aromatic amines is 1. The van der Waals surface area contributed by atoms with E-state index >= 15 is 0 Å². The third kappa shape index (κ3) is 2.00. The second-order valence-corrected chi connectivity index (χ2v) is 6.55. The highest BCUT2D eigenvalue weighted by atomic mass is 32.2. The van der Waals surface area contributed by atoms with Crippen molar-refractivity contribution in [3.8, 4) is 0 Å². The second-order valence-electron chi connectivity index (χ2n) is 4.64. The quantitative estimate of drug-likeness (QED) is 0.907. The Balaban J connectivity index is 2.21. The molecule has 19 heavy (non-hydrogen) atoms. The van der Waals surface area contributed by atoms with Gasteiger partial charge >= 0.3 is 0 Å². The summed E-state index contributed by atoms with van der Waals surface area (Å²) in [7, 11) is -3.73. The third-order valence-corrected chi connectivity index (χ3v) is 5.17. The van der Waals surface area contributed by atoms with Gasteiger partial charge in [0.2, 0.25) is 9.84 Å². The molecule has 3 rings (SSSR count). The number of H-pyrrole nitrogens is 1. The zero-order valence-corrected chi connectivity index (χ0v) is 11.0. The fraction of sp³-hybridized carbons (Fsp3) is 0.214. The van der Waals surface area contributed by atoms with Crippen molar-refractivity contribution >= 4 is 9.84 Å². The zero-order valence-electron chi connectivity index (χ0n) is 10.2. The van der Waals surface area contributed by atoms with Gasteiger partial charge in [-0.25, -0.2) is 8.42 Å². The van der Waals surface area contributed by atoms with Gasteiger partial charge in [0.15, 0.2) is 0 Å². The van der Waals surface area contributed by atoms with E-state index in [1.54, 1.807) is 18.2 Å². The summed E-state index contributed by atoms with van der Waals surface area (Å²) in [5.41, 5.74) is 1.29. The Labute approximate surface area is 111 Å². The van der Waals surface area contributed by atoms with Gasteiger partial charge in [-0.05, 0) is 43.0 Å². The molecule has 0 saturated carbocycles. The van der Waals surface area contributed by atoms with E-state index in [2.05, 4.69) is 4.98 Å². The van der Waals surface area contributed by atoms with Crippen LogP contribution in [0.25, 0.3) is 0 Å². The van der Waals surface area contributed by atoms with E-state index in [9.17, 15) is 13.2 Å². The summed E-state index contributed by atoms with van der Waals surface area (Å²) in [6.45, 7) is 0. The first-order valence-corrected chi connectivity index (χ1v) is 7.62. The lowest BCUT2D eigenvalue weighted by molar-refractivity contribution is 0.594. The minimum Gasteiger partial charge on any atom is -0.325 e. The number of hydrogen-bond donors (Lipinski definition) is 1. The molecule has 1 aromatic heterocycles. The van der Waals surface area contributed by atoms with E-state index in [-0.39, 0.29) is 9.79 Å². The van der Waals surface area contributed by atoms with Crippen LogP contribution in [-0.2, 0) is 22.7 Å². The molecular weight excluding hydrogens is 262 g/mol. The van der Waals surface area contributed by atoms with Gasteiger partial charge < -0.3 is 4.98 Å². The van der Waals surface area contributed by atoms with E-state index < -0.39 is 15.4 Å². The summed E-state index contributed by atoms with van der Waals surface area (Å²) in [6, 6.07) is 9.57. The maximum Gasteiger partial charge on any atom is 0.267 e. The lowest BCUT2D eigenvalue weighted by atomic mass is 10.2. The van der Waals surface area contributed by atoms with Crippen molar-refractivity contribution < 1.29 is 8.42 Å². The first-order chi connectivity index (χ1) is 9.09. The summed E-state index contributed by atoms with van der Waals surface area (Å²) in [6.07, 6.45) is 2.60. The molecule has 0 bridgehead atoms. The van der Waals surface area contributed by atoms with Crippen LogP contribution in [0.4, 0.5) is 0 Å². The Kier molecular flexibility index (Phi) is 2.78. The topological polar surface area (TPSA) is 67.0 Å². The normalized spacial score (nSPS) is 14.3. The minimum atomic E-state index is -3.73. The van der Waals surface area contributed by atoms with Crippen LogP contribution in [0.3, 0.4) is 0 Å². The molecule has 1 aliphatic rings. The molecule has 0 amide bonds. The number of aryl methyl sites for hydroxylation is 2. The van der Waals surface area contributed by atoms with Gasteiger partial charge in [-0.15, -0.1) is 0 Å². The molecule has 1 heterocycles. The molecule has 5 heteroatoms. The summed E-state index contributed by atoms with van der Waals surface area (Å²) in [5.74, 6) is 0. The van der Waals surface area contributed by atoms with Crippen LogP contribution < -0.4 is 5.56 Å². The first kappa shape index (κ1) is 12.2. The predicted octanol–water partition coefficient (Wildman–Crippen LogP) is 1.70. The highest BCUT2D eigenvalue weighted by Crippen LogP contribution is 2.23. The largest absolute Gasteiger partial charge is 0.325 e. The molecule has 4 nitrogen and oxygen atoms in total. The Morgan fingerprint density at radius 2 is 1.79 bits per heavy atom. The number of pyridine rings is 1. The van der Waals surface area contributed by atoms with E-state index in [0.29, 0.717) is 0 Å². The molecule has 0 unspecified atom stereocenters. The monoisotopic (exact) mass is 275 g/mol. The average Bonchev–Trinajstić information content (AvgIpc) is 2.85. The van der Waals surface area contributed by atoms with Crippen LogP contribution in [0.2, 0.25) is 0 Å². The summed E-state index contributed by atoms with van der Waals surface area (Å²) < 4.78 is 24.9. The number of fused-ring (bicyclic) bond motifs is 1. The van der Waals surface area contributed by atoms with Crippen molar-refractivity contribution in [3.05, 3.63) is 58.0 Å². The number of hydrogen-bond acceptors (Lipinski definition) is 3. The molecule has 0 atom stereocenters. The second kappa shape index (κ2) is 4.35. The molecule has 2 aromatic rings. The molecule has 0 saturated heterocycles. The van der Waals surface area contributed by atoms with Crippen LogP contribution in [-0.4, -0.2) is 13.4 Å². The van der Waals surface area contributed by atoms with Crippen LogP contribution in [0.15, 0.2) is 51.0 Å². The van der Waals surface area contributed by atoms with Crippen molar-refractivity contribution in [2.45, 2.75) is 29.1 Å². The number of sulfone groups is 1. The molecule has 98 valence electrons. The number of benzene rings is 1. The SMILES string of the molecule is O=c1[nH]c2c(cc1S(=O)(=O)c1ccccc1)CCC2. The van der Waals surface area contributed by atoms with Gasteiger partial charge in [0.05, 0.1) is 4.90 Å². The third-order valence-electron chi connectivity index (χ3n) is 3.40. The van der Waals surface area contributed by atoms with E-state index in [1.807, 2.05) is 0 Å². The zero-order chi connectivity index (χ0) is 13.5. The molecule has 0 fully saturated rings. The maximum absolute atomic E-state index is 12.4. The lowest BCUT2D eigenvalue weighted by Crippen LogP contribution is -2.19. The summed E-state index contributed by atoms with van der Waals surface area (Å²) >= 11 is 0. The minimum absolute atomic E-state index is 0.151. The number of aromatic nitrogens is 1. The molecule has 0 aliphatic heterocycles. The Morgan fingerprint density at radius 3 is 2.53 bits per heavy atom. The van der Waals surface area contributed by atoms with Crippen LogP contribution in [0.5, 0.6) is 0 Å². The van der Waals surface area contributed by atoms with Crippen molar-refractivity contribution in [2.75, 3.05) is 0 Å². The van der Waals surface area contributed by atoms with Crippen molar-refractivity contribution in [1.82, 2.24) is 4.98 Å². The van der Waals surface area contributed by atoms with E-state index in [4.69, 9.17) is 0 Å². The van der Waals surface area contributed by atoms with Gasteiger partial charge in [-0.1, -0.05) is 18.2 Å². The van der Waals surface area contributed by atoms with Gasteiger partial charge in [-0.3, -0.25) is 4.79 Å². The molecule has 1 aliphatic carbocycles. The maximum atomic E-state index is 12.4. The molecule has 1 N–H and O–H groups in total. The van der Waals surface area contributed by atoms with Gasteiger partial charge in [0.1, 0.15) is 4.90 Å². The van der Waals surface area contributed by atoms with Gasteiger partial charge in [-0.2, -0.15) is 0 Å². The predicted molar refractivity (Wildman–Crippen MR) is 71.0 cm³/mol. The highest BCUT2D eigenvalue weighted by Gasteiger charge is 2.24. The van der Waals surface area contributed by atoms with Crippen molar-refractivity contribution in [2.24, 2.45) is 0 Å². The van der Waals surface area contributed by atoms with Crippen molar-refractivity contribution in [3.63, 3.8) is 0 Å². The summed E-state index contributed by atoms with van der Waals surface area (Å²) in [4.78, 5) is 14.7. The lowest BCUT2D eigenvalue weighted by Gasteiger charge is -2.06. The molecule has 1 aromatic carbocycles. The molecule has 0 radical (unpaired) electrons. The Bertz CT molecular complexity index is 776. The van der Waals surface area contributed by atoms with Gasteiger partial charge in [0, 0.05) is 5.69 Å². The Hall–Kier alpha value is -1.88. The summed E-state index contributed by atoms with van der Waals surface area (Å²) in [5, 5.41) is 0. The number of nitrogens with one attached hydrogen (secondary N) is 1. The fourth-order valence-electron chi connectivity index (χ4n) is 2.42. The highest BCUT2D eigenvalue weighted by molar-refractivity contribution is 7.91. The fourth-order valence-corrected chi connectivity index (χ4v) is 3.78. The van der Waals surface area contributed by atoms with E-state index in [0.717, 1.165) is 30.5 Å².